The molecule has 0 amide bonds. The number of aryl methyl sites for hydroxylation is 1. The lowest BCUT2D eigenvalue weighted by molar-refractivity contribution is 0.680. The van der Waals surface area contributed by atoms with Crippen molar-refractivity contribution in [3.8, 4) is 0 Å². The van der Waals surface area contributed by atoms with Crippen LogP contribution in [0.2, 0.25) is 0 Å². The fraction of sp³-hybridized carbons (Fsp3) is 0.333. The van der Waals surface area contributed by atoms with Gasteiger partial charge in [0.1, 0.15) is 0 Å². The highest BCUT2D eigenvalue weighted by atomic mass is 32.2. The normalized spacial score (nSPS) is 12.4. The van der Waals surface area contributed by atoms with E-state index in [4.69, 9.17) is 0 Å². The van der Waals surface area contributed by atoms with Crippen LogP contribution in [0.15, 0.2) is 41.8 Å². The second-order valence-corrected chi connectivity index (χ2v) is 4.86. The van der Waals surface area contributed by atoms with Crippen LogP contribution in [0.25, 0.3) is 0 Å². The Bertz CT molecular complexity index is 314. The number of benzene rings is 1. The number of unbranched alkanes of at least 4 members (excludes halogenated alkanes) is 1. The first-order chi connectivity index (χ1) is 6.74. The van der Waals surface area contributed by atoms with E-state index in [0.29, 0.717) is 0 Å². The van der Waals surface area contributed by atoms with Crippen molar-refractivity contribution in [1.29, 1.82) is 0 Å². The van der Waals surface area contributed by atoms with Crippen molar-refractivity contribution >= 4 is 10.8 Å². The van der Waals surface area contributed by atoms with Crippen LogP contribution in [0.3, 0.4) is 0 Å². The lowest BCUT2D eigenvalue weighted by Crippen LogP contribution is -1.97. The molecule has 2 heteroatoms. The van der Waals surface area contributed by atoms with Gasteiger partial charge in [0.05, 0.1) is 10.8 Å². The third kappa shape index (κ3) is 3.46. The van der Waals surface area contributed by atoms with E-state index in [1.54, 1.807) is 0 Å². The molecule has 76 valence electrons. The van der Waals surface area contributed by atoms with E-state index in [1.807, 2.05) is 37.3 Å². The molecule has 0 unspecified atom stereocenters. The molecule has 0 aliphatic heterocycles. The zero-order valence-corrected chi connectivity index (χ0v) is 9.35. The quantitative estimate of drug-likeness (QED) is 0.537. The Hall–Kier alpha value is -0.890. The maximum absolute atomic E-state index is 11.7. The van der Waals surface area contributed by atoms with E-state index in [9.17, 15) is 4.21 Å². The van der Waals surface area contributed by atoms with Gasteiger partial charge >= 0.3 is 0 Å². The summed E-state index contributed by atoms with van der Waals surface area (Å²) >= 11 is 0. The molecule has 14 heavy (non-hydrogen) atoms. The smallest absolute Gasteiger partial charge is 0.0529 e. The van der Waals surface area contributed by atoms with E-state index in [1.165, 1.54) is 5.56 Å². The van der Waals surface area contributed by atoms with Gasteiger partial charge in [-0.1, -0.05) is 23.8 Å². The molecule has 0 N–H and O–H groups in total. The van der Waals surface area contributed by atoms with E-state index in [2.05, 4.69) is 6.58 Å². The number of allylic oxidation sites excluding steroid dienone is 1. The zero-order valence-electron chi connectivity index (χ0n) is 8.53. The Labute approximate surface area is 88.3 Å². The van der Waals surface area contributed by atoms with Crippen LogP contribution in [-0.2, 0) is 10.8 Å². The van der Waals surface area contributed by atoms with Crippen LogP contribution in [0, 0.1) is 6.92 Å². The largest absolute Gasteiger partial charge is 0.254 e. The summed E-state index contributed by atoms with van der Waals surface area (Å²) < 4.78 is 11.7. The monoisotopic (exact) mass is 208 g/mol. The average molecular weight is 208 g/mol. The molecule has 1 rings (SSSR count). The Balaban J connectivity index is 2.52. The van der Waals surface area contributed by atoms with Crippen molar-refractivity contribution < 1.29 is 4.21 Å². The van der Waals surface area contributed by atoms with Crippen molar-refractivity contribution in [3.63, 3.8) is 0 Å². The van der Waals surface area contributed by atoms with Gasteiger partial charge in [-0.3, -0.25) is 4.21 Å². The van der Waals surface area contributed by atoms with Gasteiger partial charge < -0.3 is 0 Å². The Morgan fingerprint density at radius 2 is 2.00 bits per heavy atom. The maximum atomic E-state index is 11.7. The topological polar surface area (TPSA) is 17.1 Å². The van der Waals surface area contributed by atoms with Crippen LogP contribution in [0.5, 0.6) is 0 Å². The highest BCUT2D eigenvalue weighted by molar-refractivity contribution is 7.85. The van der Waals surface area contributed by atoms with Gasteiger partial charge in [-0.2, -0.15) is 0 Å². The van der Waals surface area contributed by atoms with Crippen molar-refractivity contribution in [2.45, 2.75) is 24.7 Å². The summed E-state index contributed by atoms with van der Waals surface area (Å²) in [5.74, 6) is 0.731. The summed E-state index contributed by atoms with van der Waals surface area (Å²) in [6.07, 6.45) is 3.76. The minimum atomic E-state index is -0.841. The van der Waals surface area contributed by atoms with Gasteiger partial charge in [-0.05, 0) is 31.9 Å². The summed E-state index contributed by atoms with van der Waals surface area (Å²) in [6.45, 7) is 5.68. The predicted molar refractivity (Wildman–Crippen MR) is 61.9 cm³/mol. The molecule has 0 fully saturated rings. The third-order valence-corrected chi connectivity index (χ3v) is 3.48. The summed E-state index contributed by atoms with van der Waals surface area (Å²) in [5.41, 5.74) is 1.21. The molecular weight excluding hydrogens is 192 g/mol. The average Bonchev–Trinajstić information content (AvgIpc) is 2.19. The van der Waals surface area contributed by atoms with Crippen LogP contribution < -0.4 is 0 Å². The molecule has 1 aromatic carbocycles. The third-order valence-electron chi connectivity index (χ3n) is 2.02. The van der Waals surface area contributed by atoms with Crippen molar-refractivity contribution in [2.24, 2.45) is 0 Å². The summed E-state index contributed by atoms with van der Waals surface area (Å²) in [7, 11) is -0.841. The van der Waals surface area contributed by atoms with Crippen molar-refractivity contribution in [3.05, 3.63) is 42.5 Å². The molecule has 0 radical (unpaired) electrons. The molecular formula is C12H16OS. The van der Waals surface area contributed by atoms with Crippen molar-refractivity contribution in [1.82, 2.24) is 0 Å². The highest BCUT2D eigenvalue weighted by Gasteiger charge is 2.01. The molecule has 0 aromatic heterocycles. The summed E-state index contributed by atoms with van der Waals surface area (Å²) in [4.78, 5) is 0.930. The van der Waals surface area contributed by atoms with Crippen LogP contribution >= 0.6 is 0 Å². The fourth-order valence-electron chi connectivity index (χ4n) is 1.17. The van der Waals surface area contributed by atoms with Gasteiger partial charge in [-0.25, -0.2) is 0 Å². The van der Waals surface area contributed by atoms with E-state index < -0.39 is 10.8 Å². The fourth-order valence-corrected chi connectivity index (χ4v) is 2.27. The lowest BCUT2D eigenvalue weighted by atomic mass is 10.2. The maximum Gasteiger partial charge on any atom is 0.0529 e. The van der Waals surface area contributed by atoms with Crippen molar-refractivity contribution in [2.75, 3.05) is 5.75 Å². The summed E-state index contributed by atoms with van der Waals surface area (Å²) in [6, 6.07) is 7.89. The number of rotatable bonds is 5. The van der Waals surface area contributed by atoms with Gasteiger partial charge in [0.2, 0.25) is 0 Å². The van der Waals surface area contributed by atoms with Gasteiger partial charge in [0, 0.05) is 10.6 Å². The SMILES string of the molecule is C=CCCC[S@@](=O)c1ccc(C)cc1. The number of hydrogen-bond donors (Lipinski definition) is 0. The first-order valence-electron chi connectivity index (χ1n) is 4.80. The van der Waals surface area contributed by atoms with Crippen LogP contribution in [0.4, 0.5) is 0 Å². The highest BCUT2D eigenvalue weighted by Crippen LogP contribution is 2.09. The van der Waals surface area contributed by atoms with E-state index in [-0.39, 0.29) is 0 Å². The Kier molecular flexibility index (Phi) is 4.60. The number of hydrogen-bond acceptors (Lipinski definition) is 1. The summed E-state index contributed by atoms with van der Waals surface area (Å²) in [5, 5.41) is 0. The minimum absolute atomic E-state index is 0.731. The zero-order chi connectivity index (χ0) is 10.4. The lowest BCUT2D eigenvalue weighted by Gasteiger charge is -2.01. The molecule has 0 aliphatic carbocycles. The minimum Gasteiger partial charge on any atom is -0.254 e. The molecule has 1 nitrogen and oxygen atoms in total. The molecule has 1 aromatic rings. The molecule has 0 spiro atoms. The molecule has 1 atom stereocenters. The van der Waals surface area contributed by atoms with Crippen LogP contribution in [0.1, 0.15) is 18.4 Å². The van der Waals surface area contributed by atoms with Gasteiger partial charge in [-0.15, -0.1) is 6.58 Å². The molecule has 0 heterocycles. The first kappa shape index (κ1) is 11.2. The van der Waals surface area contributed by atoms with Crippen LogP contribution in [-0.4, -0.2) is 9.96 Å². The Morgan fingerprint density at radius 1 is 1.36 bits per heavy atom. The predicted octanol–water partition coefficient (Wildman–Crippen LogP) is 3.07. The molecule has 0 saturated carbocycles. The second-order valence-electron chi connectivity index (χ2n) is 3.29. The van der Waals surface area contributed by atoms with E-state index in [0.717, 1.165) is 23.5 Å². The first-order valence-corrected chi connectivity index (χ1v) is 6.12. The van der Waals surface area contributed by atoms with Gasteiger partial charge in [0.15, 0.2) is 0 Å². The second kappa shape index (κ2) is 5.76. The molecule has 0 aliphatic rings. The molecule has 0 saturated heterocycles. The Morgan fingerprint density at radius 3 is 2.57 bits per heavy atom. The van der Waals surface area contributed by atoms with Gasteiger partial charge in [0.25, 0.3) is 0 Å². The standard InChI is InChI=1S/C12H16OS/c1-3-4-5-10-14(13)12-8-6-11(2)7-9-12/h3,6-9H,1,4-5,10H2,2H3/t14-/m1/s1. The molecule has 0 bridgehead atoms. The van der Waals surface area contributed by atoms with E-state index >= 15 is 0 Å².